The van der Waals surface area contributed by atoms with E-state index in [9.17, 15) is 5.11 Å². The molecule has 1 aromatic carbocycles. The highest BCUT2D eigenvalue weighted by atomic mass is 35.5. The second kappa shape index (κ2) is 4.79. The number of hydrogen-bond acceptors (Lipinski definition) is 3. The van der Waals surface area contributed by atoms with Crippen LogP contribution in [-0.4, -0.2) is 19.9 Å². The third-order valence-electron chi connectivity index (χ3n) is 4.67. The summed E-state index contributed by atoms with van der Waals surface area (Å²) in [5.41, 5.74) is 2.84. The normalized spacial score (nSPS) is 16.7. The molecular formula is C18H18ClN3O. The van der Waals surface area contributed by atoms with E-state index in [1.54, 1.807) is 18.4 Å². The number of fused-ring (bicyclic) bond motifs is 1. The summed E-state index contributed by atoms with van der Waals surface area (Å²) in [6, 6.07) is 13.8. The van der Waals surface area contributed by atoms with Crippen LogP contribution in [0.25, 0.3) is 5.52 Å². The monoisotopic (exact) mass is 327 g/mol. The molecule has 0 unspecified atom stereocenters. The van der Waals surface area contributed by atoms with Crippen LogP contribution in [0, 0.1) is 0 Å². The highest BCUT2D eigenvalue weighted by Gasteiger charge is 2.49. The predicted octanol–water partition coefficient (Wildman–Crippen LogP) is 3.69. The average molecular weight is 328 g/mol. The van der Waals surface area contributed by atoms with E-state index < -0.39 is 5.60 Å². The summed E-state index contributed by atoms with van der Waals surface area (Å²) in [5, 5.41) is 19.9. The minimum absolute atomic E-state index is 0.0788. The molecule has 0 bridgehead atoms. The quantitative estimate of drug-likeness (QED) is 0.798. The van der Waals surface area contributed by atoms with Gasteiger partial charge in [-0.25, -0.2) is 4.52 Å². The summed E-state index contributed by atoms with van der Waals surface area (Å²) < 4.78 is 1.76. The van der Waals surface area contributed by atoms with Crippen LogP contribution in [0.5, 0.6) is 0 Å². The van der Waals surface area contributed by atoms with Gasteiger partial charge in [-0.1, -0.05) is 35.0 Å². The maximum atomic E-state index is 10.4. The largest absolute Gasteiger partial charge is 0.384 e. The van der Waals surface area contributed by atoms with Crippen LogP contribution in [0.3, 0.4) is 0 Å². The van der Waals surface area contributed by atoms with Crippen molar-refractivity contribution in [3.8, 4) is 0 Å². The van der Waals surface area contributed by atoms with Gasteiger partial charge in [0.05, 0.1) is 11.2 Å². The van der Waals surface area contributed by atoms with Crippen LogP contribution in [0.1, 0.15) is 43.6 Å². The number of aromatic nitrogens is 3. The van der Waals surface area contributed by atoms with Crippen LogP contribution < -0.4 is 0 Å². The molecule has 0 atom stereocenters. The highest BCUT2D eigenvalue weighted by molar-refractivity contribution is 6.30. The van der Waals surface area contributed by atoms with Gasteiger partial charge in [-0.05, 0) is 56.5 Å². The Morgan fingerprint density at radius 3 is 2.43 bits per heavy atom. The molecule has 118 valence electrons. The van der Waals surface area contributed by atoms with Crippen molar-refractivity contribution in [2.45, 2.75) is 37.7 Å². The van der Waals surface area contributed by atoms with Gasteiger partial charge in [-0.2, -0.15) is 0 Å². The lowest BCUT2D eigenvalue weighted by Gasteiger charge is -2.19. The molecule has 1 N–H and O–H groups in total. The fraction of sp³-hybridized carbons (Fsp3) is 0.333. The zero-order valence-corrected chi connectivity index (χ0v) is 13.9. The van der Waals surface area contributed by atoms with Crippen molar-refractivity contribution in [2.75, 3.05) is 0 Å². The number of halogens is 1. The zero-order chi connectivity index (χ0) is 16.2. The molecule has 1 fully saturated rings. The van der Waals surface area contributed by atoms with E-state index in [1.165, 1.54) is 5.56 Å². The van der Waals surface area contributed by atoms with Gasteiger partial charge in [-0.3, -0.25) is 0 Å². The van der Waals surface area contributed by atoms with E-state index in [0.29, 0.717) is 0 Å². The van der Waals surface area contributed by atoms with Crippen molar-refractivity contribution in [3.05, 3.63) is 64.4 Å². The van der Waals surface area contributed by atoms with Gasteiger partial charge in [0.15, 0.2) is 0 Å². The Morgan fingerprint density at radius 2 is 1.83 bits per heavy atom. The van der Waals surface area contributed by atoms with Crippen molar-refractivity contribution >= 4 is 17.1 Å². The van der Waals surface area contributed by atoms with Crippen LogP contribution in [-0.2, 0) is 11.0 Å². The summed E-state index contributed by atoms with van der Waals surface area (Å²) >= 11 is 6.01. The first-order valence-electron chi connectivity index (χ1n) is 7.76. The number of nitrogens with zero attached hydrogens (tertiary/aromatic N) is 3. The van der Waals surface area contributed by atoms with Gasteiger partial charge in [0.25, 0.3) is 0 Å². The molecule has 0 amide bonds. The lowest BCUT2D eigenvalue weighted by Crippen LogP contribution is -2.20. The molecule has 0 saturated heterocycles. The molecule has 0 radical (unpaired) electrons. The Hall–Kier alpha value is -1.91. The third kappa shape index (κ3) is 2.25. The fourth-order valence-electron chi connectivity index (χ4n) is 3.28. The molecule has 0 aliphatic heterocycles. The highest BCUT2D eigenvalue weighted by Crippen LogP contribution is 2.54. The molecular weight excluding hydrogens is 310 g/mol. The Labute approximate surface area is 139 Å². The lowest BCUT2D eigenvalue weighted by molar-refractivity contribution is 0.0713. The van der Waals surface area contributed by atoms with E-state index in [0.717, 1.165) is 34.8 Å². The number of rotatable bonds is 3. The van der Waals surface area contributed by atoms with Gasteiger partial charge in [-0.15, -0.1) is 5.10 Å². The molecule has 0 spiro atoms. The van der Waals surface area contributed by atoms with Crippen LogP contribution in [0.4, 0.5) is 0 Å². The maximum absolute atomic E-state index is 10.4. The maximum Gasteiger partial charge on any atom is 0.101 e. The van der Waals surface area contributed by atoms with Crippen LogP contribution in [0.2, 0.25) is 5.02 Å². The number of aliphatic hydroxyl groups is 1. The number of pyridine rings is 1. The summed E-state index contributed by atoms with van der Waals surface area (Å²) in [6.45, 7) is 3.52. The van der Waals surface area contributed by atoms with Crippen LogP contribution >= 0.6 is 11.6 Å². The minimum Gasteiger partial charge on any atom is -0.384 e. The number of benzene rings is 1. The summed E-state index contributed by atoms with van der Waals surface area (Å²) in [6.07, 6.45) is 2.10. The smallest absolute Gasteiger partial charge is 0.101 e. The first kappa shape index (κ1) is 14.7. The lowest BCUT2D eigenvalue weighted by atomic mass is 9.91. The number of hydrogen-bond donors (Lipinski definition) is 1. The van der Waals surface area contributed by atoms with E-state index >= 15 is 0 Å². The average Bonchev–Trinajstić information content (AvgIpc) is 3.19. The summed E-state index contributed by atoms with van der Waals surface area (Å²) in [5.74, 6) is 0. The first-order valence-corrected chi connectivity index (χ1v) is 8.13. The van der Waals surface area contributed by atoms with E-state index in [1.807, 2.05) is 30.3 Å². The molecule has 5 heteroatoms. The summed E-state index contributed by atoms with van der Waals surface area (Å²) in [4.78, 5) is 0. The summed E-state index contributed by atoms with van der Waals surface area (Å²) in [7, 11) is 0. The Balaban J connectivity index is 1.89. The molecule has 1 saturated carbocycles. The fourth-order valence-corrected chi connectivity index (χ4v) is 3.40. The van der Waals surface area contributed by atoms with Crippen molar-refractivity contribution in [2.24, 2.45) is 0 Å². The molecule has 2 aromatic heterocycles. The molecule has 3 aromatic rings. The van der Waals surface area contributed by atoms with E-state index in [4.69, 9.17) is 11.6 Å². The van der Waals surface area contributed by atoms with E-state index in [2.05, 4.69) is 22.4 Å². The molecule has 23 heavy (non-hydrogen) atoms. The molecule has 1 aliphatic rings. The Morgan fingerprint density at radius 1 is 1.13 bits per heavy atom. The molecule has 1 aliphatic carbocycles. The van der Waals surface area contributed by atoms with Gasteiger partial charge in [0.1, 0.15) is 11.3 Å². The van der Waals surface area contributed by atoms with Crippen molar-refractivity contribution in [1.82, 2.24) is 14.8 Å². The Kier molecular flexibility index (Phi) is 3.06. The van der Waals surface area contributed by atoms with E-state index in [-0.39, 0.29) is 5.41 Å². The molecule has 4 nitrogen and oxygen atoms in total. The van der Waals surface area contributed by atoms with Gasteiger partial charge in [0.2, 0.25) is 0 Å². The minimum atomic E-state index is -0.971. The SMILES string of the molecule is CC(C)(O)c1cccc2c(C3(c4ccc(Cl)cc4)CC3)nnn12. The van der Waals surface area contributed by atoms with Gasteiger partial charge in [0, 0.05) is 10.4 Å². The Bertz CT molecular complexity index is 873. The van der Waals surface area contributed by atoms with Crippen LogP contribution in [0.15, 0.2) is 42.5 Å². The van der Waals surface area contributed by atoms with Crippen molar-refractivity contribution in [1.29, 1.82) is 0 Å². The second-order valence-electron chi connectivity index (χ2n) is 6.79. The third-order valence-corrected chi connectivity index (χ3v) is 4.92. The molecule has 2 heterocycles. The topological polar surface area (TPSA) is 50.4 Å². The second-order valence-corrected chi connectivity index (χ2v) is 7.23. The van der Waals surface area contributed by atoms with Crippen molar-refractivity contribution < 1.29 is 5.11 Å². The zero-order valence-electron chi connectivity index (χ0n) is 13.1. The standard InChI is InChI=1S/C18H18ClN3O/c1-17(2,23)15-5-3-4-14-16(20-21-22(14)15)18(10-11-18)12-6-8-13(19)9-7-12/h3-9,23H,10-11H2,1-2H3. The van der Waals surface area contributed by atoms with Crippen molar-refractivity contribution in [3.63, 3.8) is 0 Å². The van der Waals surface area contributed by atoms with Gasteiger partial charge >= 0.3 is 0 Å². The molecule has 4 rings (SSSR count). The predicted molar refractivity (Wildman–Crippen MR) is 89.7 cm³/mol. The first-order chi connectivity index (χ1) is 10.9. The van der Waals surface area contributed by atoms with Gasteiger partial charge < -0.3 is 5.11 Å².